The Kier molecular flexibility index (Phi) is 4.02. The van der Waals surface area contributed by atoms with Gasteiger partial charge in [0.05, 0.1) is 0 Å². The van der Waals surface area contributed by atoms with E-state index in [0.29, 0.717) is 24.3 Å². The van der Waals surface area contributed by atoms with Crippen LogP contribution in [0.5, 0.6) is 0 Å². The Morgan fingerprint density at radius 3 is 2.45 bits per heavy atom. The van der Waals surface area contributed by atoms with Crippen molar-refractivity contribution in [2.45, 2.75) is 50.7 Å². The predicted octanol–water partition coefficient (Wildman–Crippen LogP) is 3.57. The van der Waals surface area contributed by atoms with Crippen LogP contribution in [0.2, 0.25) is 0 Å². The standard InChI is InChI=1S/C18H23NO/c1-2-6-18(20)15-11-16-9-10-17(12-15)19(16)13-14-7-4-3-5-8-14/h2-5,7-8,15-17H,1,6,9-13H2. The third-order valence-corrected chi connectivity index (χ3v) is 4.89. The van der Waals surface area contributed by atoms with Crippen LogP contribution in [0.4, 0.5) is 0 Å². The van der Waals surface area contributed by atoms with Crippen LogP contribution >= 0.6 is 0 Å². The molecule has 1 aromatic carbocycles. The van der Waals surface area contributed by atoms with Crippen LogP contribution in [-0.2, 0) is 11.3 Å². The van der Waals surface area contributed by atoms with Crippen molar-refractivity contribution in [2.75, 3.05) is 0 Å². The third kappa shape index (κ3) is 2.71. The Morgan fingerprint density at radius 2 is 1.85 bits per heavy atom. The second-order valence-electron chi connectivity index (χ2n) is 6.17. The first-order valence-corrected chi connectivity index (χ1v) is 7.71. The molecule has 0 N–H and O–H groups in total. The van der Waals surface area contributed by atoms with Gasteiger partial charge in [0.2, 0.25) is 0 Å². The van der Waals surface area contributed by atoms with Gasteiger partial charge in [-0.1, -0.05) is 36.4 Å². The average Bonchev–Trinajstić information content (AvgIpc) is 2.71. The zero-order valence-corrected chi connectivity index (χ0v) is 12.0. The molecule has 0 radical (unpaired) electrons. The average molecular weight is 269 g/mol. The van der Waals surface area contributed by atoms with Gasteiger partial charge in [-0.15, -0.1) is 6.58 Å². The van der Waals surface area contributed by atoms with E-state index < -0.39 is 0 Å². The molecule has 2 atom stereocenters. The van der Waals surface area contributed by atoms with Crippen molar-refractivity contribution >= 4 is 5.78 Å². The van der Waals surface area contributed by atoms with Crippen molar-refractivity contribution in [3.63, 3.8) is 0 Å². The fourth-order valence-electron chi connectivity index (χ4n) is 3.90. The normalized spacial score (nSPS) is 29.3. The molecule has 2 heteroatoms. The van der Waals surface area contributed by atoms with Crippen LogP contribution in [0.25, 0.3) is 0 Å². The molecule has 3 rings (SSSR count). The van der Waals surface area contributed by atoms with E-state index in [1.54, 1.807) is 6.08 Å². The summed E-state index contributed by atoms with van der Waals surface area (Å²) in [5, 5.41) is 0. The fourth-order valence-corrected chi connectivity index (χ4v) is 3.90. The summed E-state index contributed by atoms with van der Waals surface area (Å²) in [5.74, 6) is 0.675. The predicted molar refractivity (Wildman–Crippen MR) is 81.3 cm³/mol. The molecule has 2 heterocycles. The maximum absolute atomic E-state index is 12.1. The molecular formula is C18H23NO. The topological polar surface area (TPSA) is 20.3 Å². The molecule has 106 valence electrons. The van der Waals surface area contributed by atoms with E-state index in [4.69, 9.17) is 0 Å². The summed E-state index contributed by atoms with van der Waals surface area (Å²) in [4.78, 5) is 14.7. The first-order chi connectivity index (χ1) is 9.78. The summed E-state index contributed by atoms with van der Waals surface area (Å²) in [5.41, 5.74) is 1.39. The van der Waals surface area contributed by atoms with Gasteiger partial charge < -0.3 is 0 Å². The molecule has 2 unspecified atom stereocenters. The molecule has 2 fully saturated rings. The SMILES string of the molecule is C=CCC(=O)C1CC2CCC(C1)N2Cc1ccccc1. The number of carbonyl (C=O) groups is 1. The minimum atomic E-state index is 0.275. The van der Waals surface area contributed by atoms with Crippen molar-refractivity contribution < 1.29 is 4.79 Å². The first-order valence-electron chi connectivity index (χ1n) is 7.71. The summed E-state index contributed by atoms with van der Waals surface area (Å²) in [6, 6.07) is 11.9. The van der Waals surface area contributed by atoms with Crippen molar-refractivity contribution in [1.29, 1.82) is 0 Å². The van der Waals surface area contributed by atoms with Crippen molar-refractivity contribution in [3.8, 4) is 0 Å². The molecule has 0 spiro atoms. The van der Waals surface area contributed by atoms with Crippen LogP contribution in [0, 0.1) is 5.92 Å². The Morgan fingerprint density at radius 1 is 1.20 bits per heavy atom. The number of nitrogens with zero attached hydrogens (tertiary/aromatic N) is 1. The highest BCUT2D eigenvalue weighted by Crippen LogP contribution is 2.40. The molecule has 20 heavy (non-hydrogen) atoms. The highest BCUT2D eigenvalue weighted by Gasteiger charge is 2.42. The lowest BCUT2D eigenvalue weighted by atomic mass is 9.86. The molecule has 2 aliphatic rings. The van der Waals surface area contributed by atoms with E-state index in [1.165, 1.54) is 18.4 Å². The minimum Gasteiger partial charge on any atom is -0.299 e. The van der Waals surface area contributed by atoms with Gasteiger partial charge in [-0.3, -0.25) is 9.69 Å². The van der Waals surface area contributed by atoms with Crippen LogP contribution < -0.4 is 0 Å². The molecule has 2 nitrogen and oxygen atoms in total. The Balaban J connectivity index is 1.66. The number of rotatable bonds is 5. The van der Waals surface area contributed by atoms with E-state index in [0.717, 1.165) is 19.4 Å². The van der Waals surface area contributed by atoms with Gasteiger partial charge in [0.1, 0.15) is 5.78 Å². The van der Waals surface area contributed by atoms with Crippen LogP contribution in [0.3, 0.4) is 0 Å². The molecular weight excluding hydrogens is 246 g/mol. The molecule has 0 saturated carbocycles. The number of allylic oxidation sites excluding steroid dienone is 1. The molecule has 2 saturated heterocycles. The lowest BCUT2D eigenvalue weighted by molar-refractivity contribution is -0.124. The number of Topliss-reactive ketones (excluding diaryl/α,β-unsaturated/α-hetero) is 1. The fraction of sp³-hybridized carbons (Fsp3) is 0.500. The maximum Gasteiger partial charge on any atom is 0.139 e. The first kappa shape index (κ1) is 13.6. The summed E-state index contributed by atoms with van der Waals surface area (Å²) in [6.45, 7) is 4.73. The van der Waals surface area contributed by atoms with E-state index in [9.17, 15) is 4.79 Å². The number of piperidine rings is 1. The minimum absolute atomic E-state index is 0.275. The highest BCUT2D eigenvalue weighted by molar-refractivity contribution is 5.82. The van der Waals surface area contributed by atoms with Gasteiger partial charge in [-0.05, 0) is 31.2 Å². The zero-order valence-electron chi connectivity index (χ0n) is 12.0. The number of ketones is 1. The van der Waals surface area contributed by atoms with Gasteiger partial charge >= 0.3 is 0 Å². The molecule has 0 aromatic heterocycles. The van der Waals surface area contributed by atoms with E-state index in [2.05, 4.69) is 41.8 Å². The Hall–Kier alpha value is -1.41. The van der Waals surface area contributed by atoms with Gasteiger partial charge in [0, 0.05) is 31.0 Å². The molecule has 2 bridgehead atoms. The second kappa shape index (κ2) is 5.92. The lowest BCUT2D eigenvalue weighted by Gasteiger charge is -2.38. The van der Waals surface area contributed by atoms with E-state index in [-0.39, 0.29) is 5.92 Å². The molecule has 1 aromatic rings. The smallest absolute Gasteiger partial charge is 0.139 e. The van der Waals surface area contributed by atoms with Crippen LogP contribution in [0.15, 0.2) is 43.0 Å². The number of benzene rings is 1. The number of carbonyl (C=O) groups excluding carboxylic acids is 1. The van der Waals surface area contributed by atoms with Crippen molar-refractivity contribution in [2.24, 2.45) is 5.92 Å². The van der Waals surface area contributed by atoms with Crippen LogP contribution in [-0.4, -0.2) is 22.8 Å². The summed E-state index contributed by atoms with van der Waals surface area (Å²) < 4.78 is 0. The van der Waals surface area contributed by atoms with Crippen molar-refractivity contribution in [3.05, 3.63) is 48.6 Å². The van der Waals surface area contributed by atoms with Crippen molar-refractivity contribution in [1.82, 2.24) is 4.90 Å². The Labute approximate surface area is 121 Å². The zero-order chi connectivity index (χ0) is 13.9. The largest absolute Gasteiger partial charge is 0.299 e. The highest BCUT2D eigenvalue weighted by atomic mass is 16.1. The van der Waals surface area contributed by atoms with Crippen LogP contribution in [0.1, 0.15) is 37.7 Å². The molecule has 0 amide bonds. The Bertz CT molecular complexity index is 467. The quantitative estimate of drug-likeness (QED) is 0.762. The summed E-state index contributed by atoms with van der Waals surface area (Å²) in [7, 11) is 0. The monoisotopic (exact) mass is 269 g/mol. The lowest BCUT2D eigenvalue weighted by Crippen LogP contribution is -2.44. The van der Waals surface area contributed by atoms with Gasteiger partial charge in [0.15, 0.2) is 0 Å². The number of fused-ring (bicyclic) bond motifs is 2. The molecule has 0 aliphatic carbocycles. The van der Waals surface area contributed by atoms with Gasteiger partial charge in [-0.2, -0.15) is 0 Å². The molecule has 2 aliphatic heterocycles. The summed E-state index contributed by atoms with van der Waals surface area (Å²) in [6.07, 6.45) is 6.92. The maximum atomic E-state index is 12.1. The van der Waals surface area contributed by atoms with E-state index in [1.807, 2.05) is 0 Å². The third-order valence-electron chi connectivity index (χ3n) is 4.89. The number of hydrogen-bond acceptors (Lipinski definition) is 2. The summed E-state index contributed by atoms with van der Waals surface area (Å²) >= 11 is 0. The van der Waals surface area contributed by atoms with E-state index >= 15 is 0 Å². The number of hydrogen-bond donors (Lipinski definition) is 0. The van der Waals surface area contributed by atoms with Gasteiger partial charge in [-0.25, -0.2) is 0 Å². The second-order valence-corrected chi connectivity index (χ2v) is 6.17. The van der Waals surface area contributed by atoms with Gasteiger partial charge in [0.25, 0.3) is 0 Å².